The molecule has 0 radical (unpaired) electrons. The fourth-order valence-corrected chi connectivity index (χ4v) is 7.32. The van der Waals surface area contributed by atoms with Crippen LogP contribution in [0.5, 0.6) is 0 Å². The number of thioether (sulfide) groups is 1. The van der Waals surface area contributed by atoms with Crippen LogP contribution in [-0.2, 0) is 12.5 Å². The highest BCUT2D eigenvalue weighted by Gasteiger charge is 2.60. The molecule has 35 heavy (non-hydrogen) atoms. The molecule has 182 valence electrons. The molecule has 2 fully saturated rings. The number of hydrogen-bond donors (Lipinski definition) is 0. The number of benzene rings is 1. The van der Waals surface area contributed by atoms with Gasteiger partial charge in [-0.2, -0.15) is 0 Å². The van der Waals surface area contributed by atoms with Crippen molar-refractivity contribution in [1.29, 1.82) is 0 Å². The van der Waals surface area contributed by atoms with Crippen LogP contribution in [-0.4, -0.2) is 55.0 Å². The number of fused-ring (bicyclic) bond motifs is 1. The monoisotopic (exact) mass is 506 g/mol. The Kier molecular flexibility index (Phi) is 5.81. The summed E-state index contributed by atoms with van der Waals surface area (Å²) in [6.07, 6.45) is 3.93. The van der Waals surface area contributed by atoms with E-state index in [1.807, 2.05) is 18.5 Å². The predicted octanol–water partition coefficient (Wildman–Crippen LogP) is 5.27. The molecule has 0 N–H and O–H groups in total. The standard InChI is InChI=1S/C26H30N6OS2/c1-16-22(33-15-27-16)24-29-30-25(31(24)4)34-11-5-10-32-13-21-12-26(21,14-32)20-8-6-19(7-9-20)23-17(2)28-18(3)35-23/h6-9,15,21H,5,10-14H2,1-4H3/t21-,26+/m0/s1. The number of nitrogens with zero attached hydrogens (tertiary/aromatic N) is 6. The van der Waals surface area contributed by atoms with Crippen molar-refractivity contribution < 1.29 is 4.42 Å². The van der Waals surface area contributed by atoms with Gasteiger partial charge in [-0.15, -0.1) is 21.5 Å². The van der Waals surface area contributed by atoms with Gasteiger partial charge in [-0.3, -0.25) is 0 Å². The summed E-state index contributed by atoms with van der Waals surface area (Å²) in [5.74, 6) is 3.26. The zero-order valence-electron chi connectivity index (χ0n) is 20.6. The predicted molar refractivity (Wildman–Crippen MR) is 140 cm³/mol. The van der Waals surface area contributed by atoms with Crippen molar-refractivity contribution in [2.24, 2.45) is 13.0 Å². The molecule has 0 bridgehead atoms. The second kappa shape index (κ2) is 8.87. The maximum absolute atomic E-state index is 5.48. The molecule has 0 unspecified atom stereocenters. The Bertz CT molecular complexity index is 1360. The molecule has 9 heteroatoms. The van der Waals surface area contributed by atoms with Gasteiger partial charge in [0, 0.05) is 31.3 Å². The number of rotatable bonds is 8. The zero-order chi connectivity index (χ0) is 24.2. The van der Waals surface area contributed by atoms with E-state index >= 15 is 0 Å². The van der Waals surface area contributed by atoms with E-state index in [1.54, 1.807) is 23.1 Å². The van der Waals surface area contributed by atoms with E-state index in [1.165, 1.54) is 41.9 Å². The Balaban J connectivity index is 1.02. The Morgan fingerprint density at radius 3 is 2.69 bits per heavy atom. The van der Waals surface area contributed by atoms with Gasteiger partial charge in [-0.25, -0.2) is 9.97 Å². The SMILES string of the molecule is Cc1nc(C)c(-c2ccc([C@]34C[C@H]3CN(CCCSc3nnc(-c5ocnc5C)n3C)C4)cc2)s1. The van der Waals surface area contributed by atoms with Crippen molar-refractivity contribution in [2.75, 3.05) is 25.4 Å². The van der Waals surface area contributed by atoms with Crippen LogP contribution >= 0.6 is 23.1 Å². The number of oxazole rings is 1. The first-order chi connectivity index (χ1) is 16.9. The van der Waals surface area contributed by atoms with Gasteiger partial charge in [-0.1, -0.05) is 36.0 Å². The molecular formula is C26H30N6OS2. The third-order valence-corrected chi connectivity index (χ3v) is 9.70. The minimum absolute atomic E-state index is 0.373. The van der Waals surface area contributed by atoms with Crippen LogP contribution < -0.4 is 0 Å². The fraction of sp³-hybridized carbons (Fsp3) is 0.462. The van der Waals surface area contributed by atoms with Crippen LogP contribution in [0.4, 0.5) is 0 Å². The lowest BCUT2D eigenvalue weighted by Crippen LogP contribution is -2.27. The van der Waals surface area contributed by atoms with Crippen LogP contribution in [0.2, 0.25) is 0 Å². The maximum Gasteiger partial charge on any atom is 0.202 e. The lowest BCUT2D eigenvalue weighted by Gasteiger charge is -2.21. The Labute approximate surface area is 214 Å². The summed E-state index contributed by atoms with van der Waals surface area (Å²) in [4.78, 5) is 12.7. The van der Waals surface area contributed by atoms with Crippen LogP contribution in [0, 0.1) is 26.7 Å². The second-order valence-corrected chi connectivity index (χ2v) is 12.1. The summed E-state index contributed by atoms with van der Waals surface area (Å²) in [7, 11) is 1.99. The Hall–Kier alpha value is -2.49. The molecule has 1 aliphatic carbocycles. The molecule has 2 atom stereocenters. The van der Waals surface area contributed by atoms with E-state index in [0.717, 1.165) is 52.0 Å². The average Bonchev–Trinajstić information content (AvgIpc) is 3.25. The molecular weight excluding hydrogens is 476 g/mol. The van der Waals surface area contributed by atoms with Crippen LogP contribution in [0.1, 0.15) is 34.8 Å². The summed E-state index contributed by atoms with van der Waals surface area (Å²) < 4.78 is 7.48. The molecule has 4 aromatic rings. The van der Waals surface area contributed by atoms with Gasteiger partial charge in [0.1, 0.15) is 0 Å². The number of thiazole rings is 1. The molecule has 1 saturated heterocycles. The summed E-state index contributed by atoms with van der Waals surface area (Å²) in [5.41, 5.74) is 5.15. The first kappa shape index (κ1) is 22.9. The average molecular weight is 507 g/mol. The number of likely N-dealkylation sites (tertiary alicyclic amines) is 1. The van der Waals surface area contributed by atoms with Crippen LogP contribution in [0.3, 0.4) is 0 Å². The van der Waals surface area contributed by atoms with E-state index in [9.17, 15) is 0 Å². The van der Waals surface area contributed by atoms with Crippen molar-refractivity contribution in [1.82, 2.24) is 29.6 Å². The van der Waals surface area contributed by atoms with Gasteiger partial charge in [0.2, 0.25) is 5.82 Å². The van der Waals surface area contributed by atoms with Crippen molar-refractivity contribution in [2.45, 2.75) is 44.2 Å². The first-order valence-corrected chi connectivity index (χ1v) is 13.9. The quantitative estimate of drug-likeness (QED) is 0.238. The highest BCUT2D eigenvalue weighted by Crippen LogP contribution is 2.59. The molecule has 4 heterocycles. The largest absolute Gasteiger partial charge is 0.440 e. The summed E-state index contributed by atoms with van der Waals surface area (Å²) in [6, 6.07) is 9.33. The van der Waals surface area contributed by atoms with Gasteiger partial charge in [0.25, 0.3) is 0 Å². The van der Waals surface area contributed by atoms with Crippen molar-refractivity contribution in [3.63, 3.8) is 0 Å². The highest BCUT2D eigenvalue weighted by atomic mass is 32.2. The molecule has 1 aromatic carbocycles. The summed E-state index contributed by atoms with van der Waals surface area (Å²) in [6.45, 7) is 9.65. The summed E-state index contributed by atoms with van der Waals surface area (Å²) >= 11 is 3.55. The molecule has 3 aromatic heterocycles. The minimum Gasteiger partial charge on any atom is -0.440 e. The van der Waals surface area contributed by atoms with E-state index in [0.29, 0.717) is 11.2 Å². The highest BCUT2D eigenvalue weighted by molar-refractivity contribution is 7.99. The van der Waals surface area contributed by atoms with Crippen molar-refractivity contribution in [3.8, 4) is 22.0 Å². The van der Waals surface area contributed by atoms with Crippen molar-refractivity contribution >= 4 is 23.1 Å². The van der Waals surface area contributed by atoms with Gasteiger partial charge >= 0.3 is 0 Å². The summed E-state index contributed by atoms with van der Waals surface area (Å²) in [5, 5.41) is 10.7. The smallest absolute Gasteiger partial charge is 0.202 e. The third kappa shape index (κ3) is 4.13. The Morgan fingerprint density at radius 2 is 1.97 bits per heavy atom. The first-order valence-electron chi connectivity index (χ1n) is 12.1. The molecule has 0 spiro atoms. The number of aromatic nitrogens is 5. The van der Waals surface area contributed by atoms with E-state index < -0.39 is 0 Å². The van der Waals surface area contributed by atoms with Gasteiger partial charge in [0.15, 0.2) is 17.3 Å². The number of piperidine rings is 1. The molecule has 7 nitrogen and oxygen atoms in total. The molecule has 6 rings (SSSR count). The third-order valence-electron chi connectivity index (χ3n) is 7.48. The van der Waals surface area contributed by atoms with E-state index in [-0.39, 0.29) is 0 Å². The topological polar surface area (TPSA) is 72.9 Å². The lowest BCUT2D eigenvalue weighted by molar-refractivity contribution is 0.299. The normalized spacial score (nSPS) is 21.5. The van der Waals surface area contributed by atoms with Crippen LogP contribution in [0.25, 0.3) is 22.0 Å². The van der Waals surface area contributed by atoms with E-state index in [4.69, 9.17) is 4.42 Å². The van der Waals surface area contributed by atoms with Crippen molar-refractivity contribution in [3.05, 3.63) is 52.6 Å². The minimum atomic E-state index is 0.373. The molecule has 0 amide bonds. The van der Waals surface area contributed by atoms with E-state index in [2.05, 4.69) is 63.2 Å². The van der Waals surface area contributed by atoms with Gasteiger partial charge in [0.05, 0.1) is 21.3 Å². The van der Waals surface area contributed by atoms with Gasteiger partial charge in [-0.05, 0) is 57.2 Å². The van der Waals surface area contributed by atoms with Crippen LogP contribution in [0.15, 0.2) is 40.2 Å². The number of hydrogen-bond acceptors (Lipinski definition) is 8. The number of aryl methyl sites for hydroxylation is 3. The molecule has 1 aliphatic heterocycles. The fourth-order valence-electron chi connectivity index (χ4n) is 5.56. The second-order valence-electron chi connectivity index (χ2n) is 9.85. The Morgan fingerprint density at radius 1 is 1.14 bits per heavy atom. The zero-order valence-corrected chi connectivity index (χ0v) is 22.2. The maximum atomic E-state index is 5.48. The lowest BCUT2D eigenvalue weighted by atomic mass is 9.94. The van der Waals surface area contributed by atoms with Gasteiger partial charge < -0.3 is 13.9 Å². The molecule has 2 aliphatic rings. The molecule has 1 saturated carbocycles.